The van der Waals surface area contributed by atoms with E-state index in [1.165, 1.54) is 0 Å². The van der Waals surface area contributed by atoms with E-state index in [4.69, 9.17) is 0 Å². The van der Waals surface area contributed by atoms with Crippen LogP contribution in [0.4, 0.5) is 0 Å². The van der Waals surface area contributed by atoms with Crippen LogP contribution in [0.3, 0.4) is 0 Å². The van der Waals surface area contributed by atoms with Gasteiger partial charge in [-0.3, -0.25) is 10.1 Å². The highest BCUT2D eigenvalue weighted by molar-refractivity contribution is 5.82. The summed E-state index contributed by atoms with van der Waals surface area (Å²) in [5, 5.41) is 12.7. The van der Waals surface area contributed by atoms with E-state index < -0.39 is 12.0 Å². The second kappa shape index (κ2) is 6.41. The summed E-state index contributed by atoms with van der Waals surface area (Å²) >= 11 is 0. The molecule has 2 N–H and O–H groups in total. The van der Waals surface area contributed by atoms with E-state index >= 15 is 0 Å². The number of nitrogens with one attached hydrogen (secondary N) is 1. The zero-order valence-electron chi connectivity index (χ0n) is 12.1. The highest BCUT2D eigenvalue weighted by Crippen LogP contribution is 2.31. The number of carboxylic acid groups (broad SMARTS) is 1. The molecule has 0 radical (unpaired) electrons. The SMILES string of the molecule is O=C(O)C(NCc1ccccc1)c1ccc2cccccc1-2. The Hall–Kier alpha value is -2.65. The Balaban J connectivity index is 1.87. The number of aliphatic carboxylic acids is 1. The maximum absolute atomic E-state index is 11.7. The third kappa shape index (κ3) is 3.00. The van der Waals surface area contributed by atoms with Gasteiger partial charge in [-0.2, -0.15) is 0 Å². The monoisotopic (exact) mass is 291 g/mol. The normalized spacial score (nSPS) is 12.2. The van der Waals surface area contributed by atoms with Crippen LogP contribution in [0.25, 0.3) is 11.1 Å². The minimum atomic E-state index is -0.866. The molecule has 0 saturated heterocycles. The Morgan fingerprint density at radius 1 is 0.909 bits per heavy atom. The molecule has 0 aromatic heterocycles. The number of hydrogen-bond acceptors (Lipinski definition) is 2. The number of benzene rings is 1. The molecule has 22 heavy (non-hydrogen) atoms. The van der Waals surface area contributed by atoms with Crippen molar-refractivity contribution in [1.29, 1.82) is 0 Å². The average molecular weight is 291 g/mol. The van der Waals surface area contributed by atoms with Gasteiger partial charge in [-0.05, 0) is 22.3 Å². The third-order valence-electron chi connectivity index (χ3n) is 3.74. The molecule has 0 aliphatic heterocycles. The lowest BCUT2D eigenvalue weighted by molar-refractivity contribution is -0.139. The molecule has 1 aromatic rings. The first-order chi connectivity index (χ1) is 10.8. The van der Waals surface area contributed by atoms with Crippen molar-refractivity contribution in [2.45, 2.75) is 12.6 Å². The van der Waals surface area contributed by atoms with Gasteiger partial charge in [0.05, 0.1) is 0 Å². The van der Waals surface area contributed by atoms with Gasteiger partial charge >= 0.3 is 5.97 Å². The lowest BCUT2D eigenvalue weighted by Crippen LogP contribution is -2.28. The van der Waals surface area contributed by atoms with Crippen molar-refractivity contribution in [3.8, 4) is 11.1 Å². The zero-order valence-corrected chi connectivity index (χ0v) is 12.1. The van der Waals surface area contributed by atoms with E-state index in [0.717, 1.165) is 22.3 Å². The standard InChI is InChI=1S/C19H17NO2/c21-19(22)18(20-13-14-7-3-1-4-8-14)17-12-11-15-9-5-2-6-10-16(15)17/h1-12,18,20H,13H2,(H,21,22). The Morgan fingerprint density at radius 2 is 1.59 bits per heavy atom. The lowest BCUT2D eigenvalue weighted by atomic mass is 10.0. The first-order valence-corrected chi connectivity index (χ1v) is 7.23. The number of carboxylic acids is 1. The first kappa shape index (κ1) is 14.3. The summed E-state index contributed by atoms with van der Waals surface area (Å²) in [6.45, 7) is 0.517. The van der Waals surface area contributed by atoms with E-state index in [2.05, 4.69) is 5.32 Å². The molecule has 0 saturated carbocycles. The van der Waals surface area contributed by atoms with Crippen LogP contribution in [0.5, 0.6) is 0 Å². The van der Waals surface area contributed by atoms with Crippen LogP contribution < -0.4 is 5.32 Å². The molecule has 1 aromatic carbocycles. The Kier molecular flexibility index (Phi) is 4.17. The Morgan fingerprint density at radius 3 is 2.32 bits per heavy atom. The topological polar surface area (TPSA) is 49.3 Å². The van der Waals surface area contributed by atoms with Crippen molar-refractivity contribution in [1.82, 2.24) is 5.32 Å². The summed E-state index contributed by atoms with van der Waals surface area (Å²) in [6, 6.07) is 22.7. The van der Waals surface area contributed by atoms with Crippen LogP contribution in [0.2, 0.25) is 0 Å². The molecular weight excluding hydrogens is 274 g/mol. The molecule has 3 nitrogen and oxygen atoms in total. The fraction of sp³-hybridized carbons (Fsp3) is 0.105. The van der Waals surface area contributed by atoms with E-state index in [9.17, 15) is 9.90 Å². The molecule has 3 rings (SSSR count). The van der Waals surface area contributed by atoms with Gasteiger partial charge in [-0.25, -0.2) is 0 Å². The second-order valence-corrected chi connectivity index (χ2v) is 5.21. The van der Waals surface area contributed by atoms with Gasteiger partial charge in [0.25, 0.3) is 0 Å². The molecule has 0 heterocycles. The first-order valence-electron chi connectivity index (χ1n) is 7.23. The smallest absolute Gasteiger partial charge is 0.325 e. The fourth-order valence-electron chi connectivity index (χ4n) is 2.64. The van der Waals surface area contributed by atoms with Gasteiger partial charge in [0, 0.05) is 6.54 Å². The molecule has 1 unspecified atom stereocenters. The summed E-state index contributed by atoms with van der Waals surface area (Å²) in [6.07, 6.45) is 0. The van der Waals surface area contributed by atoms with Gasteiger partial charge in [0.15, 0.2) is 0 Å². The Bertz CT molecular complexity index is 739. The van der Waals surface area contributed by atoms with Gasteiger partial charge < -0.3 is 5.11 Å². The zero-order chi connectivity index (χ0) is 15.4. The van der Waals surface area contributed by atoms with Gasteiger partial charge in [-0.1, -0.05) is 72.8 Å². The van der Waals surface area contributed by atoms with Gasteiger partial charge in [-0.15, -0.1) is 0 Å². The van der Waals surface area contributed by atoms with Crippen LogP contribution in [0, 0.1) is 0 Å². The van der Waals surface area contributed by atoms with Gasteiger partial charge in [0.1, 0.15) is 6.04 Å². The predicted molar refractivity (Wildman–Crippen MR) is 86.7 cm³/mol. The number of rotatable bonds is 5. The molecule has 2 aliphatic carbocycles. The molecule has 0 fully saturated rings. The van der Waals surface area contributed by atoms with E-state index in [1.807, 2.05) is 72.8 Å². The summed E-state index contributed by atoms with van der Waals surface area (Å²) in [5.41, 5.74) is 3.88. The van der Waals surface area contributed by atoms with Crippen LogP contribution in [-0.4, -0.2) is 11.1 Å². The summed E-state index contributed by atoms with van der Waals surface area (Å²) in [4.78, 5) is 11.7. The highest BCUT2D eigenvalue weighted by Gasteiger charge is 2.23. The molecule has 0 spiro atoms. The maximum Gasteiger partial charge on any atom is 0.325 e. The largest absolute Gasteiger partial charge is 0.480 e. The lowest BCUT2D eigenvalue weighted by Gasteiger charge is -2.15. The van der Waals surface area contributed by atoms with Crippen molar-refractivity contribution in [2.24, 2.45) is 0 Å². The minimum absolute atomic E-state index is 0.517. The molecule has 110 valence electrons. The molecule has 2 aliphatic rings. The number of carbonyl (C=O) groups is 1. The van der Waals surface area contributed by atoms with Crippen molar-refractivity contribution >= 4 is 5.97 Å². The second-order valence-electron chi connectivity index (χ2n) is 5.21. The average Bonchev–Trinajstić information content (AvgIpc) is 2.77. The van der Waals surface area contributed by atoms with Crippen LogP contribution >= 0.6 is 0 Å². The van der Waals surface area contributed by atoms with Crippen LogP contribution in [0.1, 0.15) is 17.2 Å². The molecule has 1 atom stereocenters. The van der Waals surface area contributed by atoms with Crippen molar-refractivity contribution in [3.63, 3.8) is 0 Å². The molecule has 0 amide bonds. The van der Waals surface area contributed by atoms with Crippen LogP contribution in [-0.2, 0) is 11.3 Å². The van der Waals surface area contributed by atoms with E-state index in [0.29, 0.717) is 6.54 Å². The van der Waals surface area contributed by atoms with Gasteiger partial charge in [0.2, 0.25) is 0 Å². The fourth-order valence-corrected chi connectivity index (χ4v) is 2.64. The predicted octanol–water partition coefficient (Wildman–Crippen LogP) is 3.71. The molecule has 0 bridgehead atoms. The van der Waals surface area contributed by atoms with Crippen molar-refractivity contribution in [2.75, 3.05) is 0 Å². The van der Waals surface area contributed by atoms with Crippen molar-refractivity contribution in [3.05, 3.63) is 83.9 Å². The third-order valence-corrected chi connectivity index (χ3v) is 3.74. The van der Waals surface area contributed by atoms with Crippen LogP contribution in [0.15, 0.2) is 72.8 Å². The van der Waals surface area contributed by atoms with E-state index in [-0.39, 0.29) is 0 Å². The summed E-state index contributed by atoms with van der Waals surface area (Å²) in [7, 11) is 0. The Labute approximate surface area is 129 Å². The van der Waals surface area contributed by atoms with E-state index in [1.54, 1.807) is 0 Å². The van der Waals surface area contributed by atoms with Crippen molar-refractivity contribution < 1.29 is 9.90 Å². The molecule has 3 heteroatoms. The minimum Gasteiger partial charge on any atom is -0.480 e. The maximum atomic E-state index is 11.7. The quantitative estimate of drug-likeness (QED) is 0.753. The number of hydrogen-bond donors (Lipinski definition) is 2. The molecular formula is C19H17NO2. The number of fused-ring (bicyclic) bond motifs is 1. The summed E-state index contributed by atoms with van der Waals surface area (Å²) in [5.74, 6) is -0.866. The highest BCUT2D eigenvalue weighted by atomic mass is 16.4. The summed E-state index contributed by atoms with van der Waals surface area (Å²) < 4.78 is 0.